The van der Waals surface area contributed by atoms with E-state index in [9.17, 15) is 8.42 Å². The van der Waals surface area contributed by atoms with Crippen molar-refractivity contribution < 1.29 is 8.42 Å². The zero-order chi connectivity index (χ0) is 14.9. The van der Waals surface area contributed by atoms with Crippen LogP contribution in [-0.4, -0.2) is 8.42 Å². The zero-order valence-electron chi connectivity index (χ0n) is 10.1. The molecule has 0 radical (unpaired) electrons. The Balaban J connectivity index is 2.34. The minimum atomic E-state index is -3.83. The standard InChI is InChI=1S/C12H11Cl2N3O2S/c13-7-1-3-11(9(14)5-7)17-8-2-4-12(10(15)6-8)20(16,18)19/h1-6,17H,15H2,(H2,16,18,19). The second-order valence-corrected chi connectivity index (χ2v) is 6.42. The number of hydrogen-bond donors (Lipinski definition) is 3. The van der Waals surface area contributed by atoms with Crippen LogP contribution < -0.4 is 16.2 Å². The van der Waals surface area contributed by atoms with Gasteiger partial charge in [0.2, 0.25) is 10.0 Å². The highest BCUT2D eigenvalue weighted by Gasteiger charge is 2.12. The van der Waals surface area contributed by atoms with Gasteiger partial charge in [0.05, 0.1) is 16.4 Å². The van der Waals surface area contributed by atoms with Crippen LogP contribution in [0.1, 0.15) is 0 Å². The summed E-state index contributed by atoms with van der Waals surface area (Å²) in [5.41, 5.74) is 6.93. The Bertz CT molecular complexity index is 763. The quantitative estimate of drug-likeness (QED) is 0.753. The summed E-state index contributed by atoms with van der Waals surface area (Å²) >= 11 is 11.8. The molecule has 0 unspecified atom stereocenters. The Kier molecular flexibility index (Phi) is 4.10. The number of hydrogen-bond acceptors (Lipinski definition) is 4. The fourth-order valence-electron chi connectivity index (χ4n) is 1.63. The number of nitrogens with one attached hydrogen (secondary N) is 1. The molecule has 0 heterocycles. The highest BCUT2D eigenvalue weighted by atomic mass is 35.5. The molecular formula is C12H11Cl2N3O2S. The maximum Gasteiger partial charge on any atom is 0.240 e. The molecule has 0 saturated heterocycles. The van der Waals surface area contributed by atoms with E-state index >= 15 is 0 Å². The molecule has 0 aromatic heterocycles. The maximum atomic E-state index is 11.3. The molecule has 0 aliphatic rings. The van der Waals surface area contributed by atoms with Crippen molar-refractivity contribution in [1.29, 1.82) is 0 Å². The van der Waals surface area contributed by atoms with Gasteiger partial charge in [0.1, 0.15) is 4.90 Å². The Morgan fingerprint density at radius 2 is 1.75 bits per heavy atom. The molecule has 8 heteroatoms. The third kappa shape index (κ3) is 3.34. The van der Waals surface area contributed by atoms with Gasteiger partial charge in [0, 0.05) is 10.7 Å². The predicted octanol–water partition coefficient (Wildman–Crippen LogP) is 2.97. The summed E-state index contributed by atoms with van der Waals surface area (Å²) in [7, 11) is -3.83. The first kappa shape index (κ1) is 14.9. The van der Waals surface area contributed by atoms with E-state index in [1.165, 1.54) is 12.1 Å². The molecule has 5 N–H and O–H groups in total. The van der Waals surface area contributed by atoms with Gasteiger partial charge in [0.15, 0.2) is 0 Å². The summed E-state index contributed by atoms with van der Waals surface area (Å²) in [6.45, 7) is 0. The molecule has 0 saturated carbocycles. The second-order valence-electron chi connectivity index (χ2n) is 4.05. The van der Waals surface area contributed by atoms with Crippen molar-refractivity contribution in [2.24, 2.45) is 5.14 Å². The molecule has 0 amide bonds. The summed E-state index contributed by atoms with van der Waals surface area (Å²) in [6, 6.07) is 9.31. The number of anilines is 3. The van der Waals surface area contributed by atoms with E-state index < -0.39 is 10.0 Å². The first-order chi connectivity index (χ1) is 9.27. The third-order valence-electron chi connectivity index (χ3n) is 2.53. The molecule has 0 fully saturated rings. The highest BCUT2D eigenvalue weighted by molar-refractivity contribution is 7.89. The number of rotatable bonds is 3. The largest absolute Gasteiger partial charge is 0.398 e. The summed E-state index contributed by atoms with van der Waals surface area (Å²) in [5, 5.41) is 9.00. The van der Waals surface area contributed by atoms with E-state index in [1.807, 2.05) is 0 Å². The molecule has 0 aliphatic heterocycles. The zero-order valence-corrected chi connectivity index (χ0v) is 12.4. The van der Waals surface area contributed by atoms with Crippen LogP contribution in [0, 0.1) is 0 Å². The van der Waals surface area contributed by atoms with Gasteiger partial charge in [0.25, 0.3) is 0 Å². The number of halogens is 2. The van der Waals surface area contributed by atoms with E-state index in [-0.39, 0.29) is 10.6 Å². The number of nitrogens with two attached hydrogens (primary N) is 2. The van der Waals surface area contributed by atoms with Crippen LogP contribution in [0.25, 0.3) is 0 Å². The lowest BCUT2D eigenvalue weighted by Crippen LogP contribution is -2.14. The first-order valence-corrected chi connectivity index (χ1v) is 7.72. The molecular weight excluding hydrogens is 321 g/mol. The normalized spacial score (nSPS) is 11.3. The number of benzene rings is 2. The fraction of sp³-hybridized carbons (Fsp3) is 0. The lowest BCUT2D eigenvalue weighted by molar-refractivity contribution is 0.598. The van der Waals surface area contributed by atoms with Crippen LogP contribution in [-0.2, 0) is 10.0 Å². The van der Waals surface area contributed by atoms with Crippen LogP contribution in [0.15, 0.2) is 41.3 Å². The van der Waals surface area contributed by atoms with Gasteiger partial charge >= 0.3 is 0 Å². The first-order valence-electron chi connectivity index (χ1n) is 5.42. The van der Waals surface area contributed by atoms with Crippen LogP contribution >= 0.6 is 23.2 Å². The number of nitrogen functional groups attached to an aromatic ring is 1. The van der Waals surface area contributed by atoms with Gasteiger partial charge < -0.3 is 11.1 Å². The summed E-state index contributed by atoms with van der Waals surface area (Å²) in [6.07, 6.45) is 0. The molecule has 106 valence electrons. The molecule has 0 spiro atoms. The van der Waals surface area contributed by atoms with Gasteiger partial charge in [-0.2, -0.15) is 0 Å². The van der Waals surface area contributed by atoms with Crippen LogP contribution in [0.2, 0.25) is 10.0 Å². The van der Waals surface area contributed by atoms with Gasteiger partial charge in [-0.15, -0.1) is 0 Å². The van der Waals surface area contributed by atoms with Crippen molar-refractivity contribution in [2.75, 3.05) is 11.1 Å². The molecule has 20 heavy (non-hydrogen) atoms. The lowest BCUT2D eigenvalue weighted by Gasteiger charge is -2.11. The van der Waals surface area contributed by atoms with Crippen molar-refractivity contribution in [2.45, 2.75) is 4.90 Å². The smallest absolute Gasteiger partial charge is 0.240 e. The van der Waals surface area contributed by atoms with E-state index in [0.29, 0.717) is 21.4 Å². The van der Waals surface area contributed by atoms with Crippen LogP contribution in [0.5, 0.6) is 0 Å². The van der Waals surface area contributed by atoms with Gasteiger partial charge in [-0.05, 0) is 36.4 Å². The summed E-state index contributed by atoms with van der Waals surface area (Å²) < 4.78 is 22.5. The molecule has 0 atom stereocenters. The summed E-state index contributed by atoms with van der Waals surface area (Å²) in [4.78, 5) is -0.120. The second kappa shape index (κ2) is 5.49. The van der Waals surface area contributed by atoms with Crippen molar-refractivity contribution in [3.05, 3.63) is 46.4 Å². The average Bonchev–Trinajstić information content (AvgIpc) is 2.31. The number of sulfonamides is 1. The van der Waals surface area contributed by atoms with Crippen molar-refractivity contribution in [3.63, 3.8) is 0 Å². The van der Waals surface area contributed by atoms with E-state index in [2.05, 4.69) is 5.32 Å². The molecule has 0 aliphatic carbocycles. The Labute approximate surface area is 126 Å². The monoisotopic (exact) mass is 331 g/mol. The van der Waals surface area contributed by atoms with Gasteiger partial charge in [-0.1, -0.05) is 23.2 Å². The van der Waals surface area contributed by atoms with E-state index in [1.54, 1.807) is 24.3 Å². The highest BCUT2D eigenvalue weighted by Crippen LogP contribution is 2.30. The van der Waals surface area contributed by atoms with Crippen molar-refractivity contribution >= 4 is 50.3 Å². The molecule has 0 bridgehead atoms. The Morgan fingerprint density at radius 3 is 2.30 bits per heavy atom. The lowest BCUT2D eigenvalue weighted by atomic mass is 10.2. The van der Waals surface area contributed by atoms with Crippen molar-refractivity contribution in [1.82, 2.24) is 0 Å². The fourth-order valence-corrected chi connectivity index (χ4v) is 2.73. The number of primary sulfonamides is 1. The van der Waals surface area contributed by atoms with Crippen LogP contribution in [0.4, 0.5) is 17.1 Å². The Hall–Kier alpha value is -1.47. The maximum absolute atomic E-state index is 11.3. The predicted molar refractivity (Wildman–Crippen MR) is 82.0 cm³/mol. The Morgan fingerprint density at radius 1 is 1.05 bits per heavy atom. The molecule has 2 aromatic rings. The third-order valence-corrected chi connectivity index (χ3v) is 4.06. The topological polar surface area (TPSA) is 98.2 Å². The minimum absolute atomic E-state index is 0.0579. The molecule has 5 nitrogen and oxygen atoms in total. The molecule has 2 rings (SSSR count). The van der Waals surface area contributed by atoms with E-state index in [0.717, 1.165) is 0 Å². The van der Waals surface area contributed by atoms with Gasteiger partial charge in [-0.25, -0.2) is 13.6 Å². The SMILES string of the molecule is Nc1cc(Nc2ccc(Cl)cc2Cl)ccc1S(N)(=O)=O. The van der Waals surface area contributed by atoms with Crippen molar-refractivity contribution in [3.8, 4) is 0 Å². The molecule has 2 aromatic carbocycles. The van der Waals surface area contributed by atoms with Gasteiger partial charge in [-0.3, -0.25) is 0 Å². The van der Waals surface area contributed by atoms with Crippen LogP contribution in [0.3, 0.4) is 0 Å². The summed E-state index contributed by atoms with van der Waals surface area (Å²) in [5.74, 6) is 0. The minimum Gasteiger partial charge on any atom is -0.398 e. The van der Waals surface area contributed by atoms with E-state index in [4.69, 9.17) is 34.1 Å². The average molecular weight is 332 g/mol.